The minimum absolute atomic E-state index is 0.271. The molecule has 1 aliphatic rings. The van der Waals surface area contributed by atoms with E-state index in [1.54, 1.807) is 11.8 Å². The van der Waals surface area contributed by atoms with Gasteiger partial charge in [0, 0.05) is 30.5 Å². The van der Waals surface area contributed by atoms with Gasteiger partial charge in [-0.15, -0.1) is 0 Å². The van der Waals surface area contributed by atoms with Crippen molar-refractivity contribution in [1.29, 1.82) is 0 Å². The maximum absolute atomic E-state index is 12.1. The molecule has 1 aromatic heterocycles. The van der Waals surface area contributed by atoms with Crippen molar-refractivity contribution in [1.82, 2.24) is 20.2 Å². The first-order chi connectivity index (χ1) is 14.0. The van der Waals surface area contributed by atoms with E-state index in [4.69, 9.17) is 4.98 Å². The van der Waals surface area contributed by atoms with Gasteiger partial charge < -0.3 is 9.88 Å². The number of amides is 3. The normalized spacial score (nSPS) is 14.6. The van der Waals surface area contributed by atoms with Crippen LogP contribution in [0, 0.1) is 13.8 Å². The Hall–Kier alpha value is -2.28. The second-order valence-corrected chi connectivity index (χ2v) is 8.60. The lowest BCUT2D eigenvalue weighted by Crippen LogP contribution is -2.39. The lowest BCUT2D eigenvalue weighted by atomic mass is 9.95. The molecule has 1 aliphatic carbocycles. The maximum atomic E-state index is 12.1. The quantitative estimate of drug-likeness (QED) is 0.654. The summed E-state index contributed by atoms with van der Waals surface area (Å²) in [6.07, 6.45) is 6.54. The molecule has 0 spiro atoms. The minimum atomic E-state index is -0.459. The van der Waals surface area contributed by atoms with Crippen molar-refractivity contribution in [2.24, 2.45) is 0 Å². The van der Waals surface area contributed by atoms with E-state index in [1.807, 2.05) is 37.3 Å². The Balaban J connectivity index is 1.45. The van der Waals surface area contributed by atoms with Gasteiger partial charge in [-0.3, -0.25) is 10.1 Å². The largest absolute Gasteiger partial charge is 0.334 e. The predicted molar refractivity (Wildman–Crippen MR) is 116 cm³/mol. The Labute approximate surface area is 176 Å². The molecule has 1 heterocycles. The second kappa shape index (κ2) is 10.5. The number of imidazole rings is 1. The number of urea groups is 1. The summed E-state index contributed by atoms with van der Waals surface area (Å²) in [5.74, 6) is 0.327. The van der Waals surface area contributed by atoms with Gasteiger partial charge in [0.2, 0.25) is 5.91 Å². The fourth-order valence-electron chi connectivity index (χ4n) is 3.71. The van der Waals surface area contributed by atoms with E-state index in [9.17, 15) is 9.59 Å². The highest BCUT2D eigenvalue weighted by Crippen LogP contribution is 2.34. The molecule has 0 bridgehead atoms. The molecule has 0 radical (unpaired) electrons. The van der Waals surface area contributed by atoms with Crippen LogP contribution in [0.3, 0.4) is 0 Å². The molecule has 0 aliphatic heterocycles. The van der Waals surface area contributed by atoms with Crippen LogP contribution in [0.5, 0.6) is 0 Å². The molecule has 1 fully saturated rings. The first kappa shape index (κ1) is 21.4. The predicted octanol–water partition coefficient (Wildman–Crippen LogP) is 4.51. The summed E-state index contributed by atoms with van der Waals surface area (Å²) < 4.78 is 2.36. The number of carbonyl (C=O) groups is 2. The summed E-state index contributed by atoms with van der Waals surface area (Å²) >= 11 is 1.60. The van der Waals surface area contributed by atoms with Gasteiger partial charge in [-0.2, -0.15) is 0 Å². The Bertz CT molecular complexity index is 829. The monoisotopic (exact) mass is 414 g/mol. The first-order valence-corrected chi connectivity index (χ1v) is 11.3. The molecule has 29 heavy (non-hydrogen) atoms. The van der Waals surface area contributed by atoms with Crippen LogP contribution in [0.2, 0.25) is 0 Å². The number of hydrogen-bond acceptors (Lipinski definition) is 4. The van der Waals surface area contributed by atoms with E-state index in [1.165, 1.54) is 37.8 Å². The van der Waals surface area contributed by atoms with Gasteiger partial charge in [0.25, 0.3) is 0 Å². The molecule has 2 aromatic rings. The second-order valence-electron chi connectivity index (χ2n) is 7.54. The third-order valence-corrected chi connectivity index (χ3v) is 6.36. The van der Waals surface area contributed by atoms with Gasteiger partial charge in [-0.05, 0) is 32.3 Å². The average molecular weight is 415 g/mol. The molecule has 1 aromatic carbocycles. The van der Waals surface area contributed by atoms with E-state index in [0.717, 1.165) is 16.4 Å². The summed E-state index contributed by atoms with van der Waals surface area (Å²) in [5.41, 5.74) is 3.28. The van der Waals surface area contributed by atoms with E-state index in [2.05, 4.69) is 22.1 Å². The summed E-state index contributed by atoms with van der Waals surface area (Å²) in [6.45, 7) is 4.57. The van der Waals surface area contributed by atoms with E-state index in [0.29, 0.717) is 18.3 Å². The number of aromatic nitrogens is 2. The lowest BCUT2D eigenvalue weighted by Gasteiger charge is -2.26. The molecule has 0 unspecified atom stereocenters. The average Bonchev–Trinajstić information content (AvgIpc) is 3.01. The minimum Gasteiger partial charge on any atom is -0.334 e. The highest BCUT2D eigenvalue weighted by molar-refractivity contribution is 7.99. The zero-order chi connectivity index (χ0) is 20.6. The Morgan fingerprint density at radius 1 is 1.14 bits per heavy atom. The number of aryl methyl sites for hydroxylation is 1. The zero-order valence-corrected chi connectivity index (χ0v) is 18.1. The van der Waals surface area contributed by atoms with Crippen molar-refractivity contribution in [2.45, 2.75) is 70.1 Å². The summed E-state index contributed by atoms with van der Waals surface area (Å²) in [6, 6.07) is 9.67. The molecule has 156 valence electrons. The summed E-state index contributed by atoms with van der Waals surface area (Å²) in [4.78, 5) is 28.7. The first-order valence-electron chi connectivity index (χ1n) is 10.3. The van der Waals surface area contributed by atoms with Crippen LogP contribution in [-0.2, 0) is 11.3 Å². The van der Waals surface area contributed by atoms with Crippen LogP contribution in [0.4, 0.5) is 4.79 Å². The molecular weight excluding hydrogens is 384 g/mol. The lowest BCUT2D eigenvalue weighted by molar-refractivity contribution is -0.119. The number of benzene rings is 1. The molecule has 0 atom stereocenters. The molecule has 0 saturated heterocycles. The fraction of sp³-hybridized carbons (Fsp3) is 0.500. The number of imide groups is 1. The molecule has 7 heteroatoms. The topological polar surface area (TPSA) is 76.0 Å². The smallest absolute Gasteiger partial charge is 0.321 e. The van der Waals surface area contributed by atoms with E-state index in [-0.39, 0.29) is 12.3 Å². The summed E-state index contributed by atoms with van der Waals surface area (Å²) in [5, 5.41) is 6.10. The molecule has 6 nitrogen and oxygen atoms in total. The third-order valence-electron chi connectivity index (χ3n) is 5.40. The fourth-order valence-corrected chi connectivity index (χ4v) is 4.81. The number of nitrogens with zero attached hydrogens (tertiary/aromatic N) is 2. The van der Waals surface area contributed by atoms with Crippen LogP contribution in [0.25, 0.3) is 0 Å². The third kappa shape index (κ3) is 6.10. The van der Waals surface area contributed by atoms with Crippen LogP contribution in [0.15, 0.2) is 35.5 Å². The number of carbonyl (C=O) groups excluding carboxylic acids is 2. The van der Waals surface area contributed by atoms with Crippen LogP contribution >= 0.6 is 11.8 Å². The molecule has 3 rings (SSSR count). The van der Waals surface area contributed by atoms with Gasteiger partial charge in [0.05, 0.1) is 5.69 Å². The van der Waals surface area contributed by atoms with Gasteiger partial charge in [-0.25, -0.2) is 9.78 Å². The number of rotatable bonds is 7. The number of hydrogen-bond donors (Lipinski definition) is 2. The van der Waals surface area contributed by atoms with Crippen molar-refractivity contribution >= 4 is 23.7 Å². The van der Waals surface area contributed by atoms with Crippen molar-refractivity contribution in [3.63, 3.8) is 0 Å². The molecule has 1 saturated carbocycles. The van der Waals surface area contributed by atoms with Gasteiger partial charge >= 0.3 is 6.03 Å². The summed E-state index contributed by atoms with van der Waals surface area (Å²) in [7, 11) is 0. The van der Waals surface area contributed by atoms with Gasteiger partial charge in [0.15, 0.2) is 5.16 Å². The number of nitrogens with one attached hydrogen (secondary N) is 2. The maximum Gasteiger partial charge on any atom is 0.321 e. The van der Waals surface area contributed by atoms with Crippen molar-refractivity contribution in [2.75, 3.05) is 5.75 Å². The zero-order valence-electron chi connectivity index (χ0n) is 17.2. The van der Waals surface area contributed by atoms with Crippen LogP contribution in [-0.4, -0.2) is 27.2 Å². The highest BCUT2D eigenvalue weighted by Gasteiger charge is 2.22. The van der Waals surface area contributed by atoms with Gasteiger partial charge in [0.1, 0.15) is 0 Å². The van der Waals surface area contributed by atoms with Crippen molar-refractivity contribution in [3.05, 3.63) is 47.3 Å². The standard InChI is InChI=1S/C22H30N4O2S/c1-16-17(2)26(19-11-7-4-8-12-19)22(24-16)29-14-13-20(27)25-21(28)23-15-18-9-5-3-6-10-18/h3,5-6,9-10,19H,4,7-8,11-15H2,1-2H3,(H2,23,25,27,28). The van der Waals surface area contributed by atoms with Crippen LogP contribution in [0.1, 0.15) is 61.5 Å². The molecular formula is C22H30N4O2S. The number of thioether (sulfide) groups is 1. The molecule has 3 amide bonds. The van der Waals surface area contributed by atoms with Gasteiger partial charge in [-0.1, -0.05) is 61.4 Å². The Kier molecular flexibility index (Phi) is 7.75. The van der Waals surface area contributed by atoms with E-state index < -0.39 is 6.03 Å². The van der Waals surface area contributed by atoms with E-state index >= 15 is 0 Å². The van der Waals surface area contributed by atoms with Crippen molar-refractivity contribution in [3.8, 4) is 0 Å². The van der Waals surface area contributed by atoms with Crippen LogP contribution < -0.4 is 10.6 Å². The Morgan fingerprint density at radius 3 is 2.59 bits per heavy atom. The van der Waals surface area contributed by atoms with Crippen molar-refractivity contribution < 1.29 is 9.59 Å². The molecule has 2 N–H and O–H groups in total. The SMILES string of the molecule is Cc1nc(SCCC(=O)NC(=O)NCc2ccccc2)n(C2CCCCC2)c1C. The highest BCUT2D eigenvalue weighted by atomic mass is 32.2. The Morgan fingerprint density at radius 2 is 1.86 bits per heavy atom.